The predicted molar refractivity (Wildman–Crippen MR) is 342 cm³/mol. The second-order valence-electron chi connectivity index (χ2n) is 19.4. The van der Waals surface area contributed by atoms with Crippen molar-refractivity contribution in [3.8, 4) is 34.5 Å². The van der Waals surface area contributed by atoms with Crippen LogP contribution in [0.15, 0.2) is 213 Å². The molecule has 0 aliphatic heterocycles. The fourth-order valence-electron chi connectivity index (χ4n) is 9.40. The fraction of sp³-hybridized carbons (Fsp3) is 0. The number of carboxylic acids is 6. The molecule has 0 amide bonds. The second kappa shape index (κ2) is 32.2. The van der Waals surface area contributed by atoms with Crippen molar-refractivity contribution in [2.24, 2.45) is 31.1 Å². The monoisotopic (exact) mass is 1540 g/mol. The number of nitroso groups, excluding NO2 is 6. The van der Waals surface area contributed by atoms with Gasteiger partial charge in [-0.3, -0.25) is 0 Å². The molecule has 0 atom stereocenters. The third-order valence-corrected chi connectivity index (χ3v) is 13.8. The summed E-state index contributed by atoms with van der Waals surface area (Å²) in [6.45, 7) is 0. The third kappa shape index (κ3) is 15.7. The number of benzene rings is 12. The smallest absolute Gasteiger partial charge is 0.870 e. The van der Waals surface area contributed by atoms with E-state index in [9.17, 15) is 88.8 Å². The van der Waals surface area contributed by atoms with E-state index in [1.807, 2.05) is 0 Å². The molecule has 0 unspecified atom stereocenters. The first-order valence-corrected chi connectivity index (χ1v) is 26.7. The van der Waals surface area contributed by atoms with Crippen LogP contribution >= 0.6 is 0 Å². The number of rotatable bonds is 12. The fourth-order valence-corrected chi connectivity index (χ4v) is 9.40. The van der Waals surface area contributed by atoms with Crippen LogP contribution in [0.3, 0.4) is 0 Å². The van der Waals surface area contributed by atoms with Crippen molar-refractivity contribution in [2.45, 2.75) is 0 Å². The van der Waals surface area contributed by atoms with Crippen molar-refractivity contribution in [2.75, 3.05) is 0 Å². The molecule has 481 valence electrons. The number of carboxylic acid groups (broad SMARTS) is 6. The van der Waals surface area contributed by atoms with E-state index in [4.69, 9.17) is 30.6 Å². The van der Waals surface area contributed by atoms with E-state index in [1.54, 1.807) is 146 Å². The molecule has 0 aromatic heterocycles. The minimum absolute atomic E-state index is 0. The summed E-state index contributed by atoms with van der Waals surface area (Å²) in [4.78, 5) is 128. The maximum atomic E-state index is 11.6. The average Bonchev–Trinajstić information content (AvgIpc) is 0.870. The predicted octanol–water partition coefficient (Wildman–Crippen LogP) is 14.0. The van der Waals surface area contributed by atoms with Gasteiger partial charge < -0.3 is 61.3 Å². The number of aromatic carboxylic acids is 6. The summed E-state index contributed by atoms with van der Waals surface area (Å²) in [6, 6.07) is 47.1. The van der Waals surface area contributed by atoms with E-state index >= 15 is 0 Å². The molecule has 12 aromatic carbocycles. The second-order valence-corrected chi connectivity index (χ2v) is 19.4. The Morgan fingerprint density at radius 2 is 0.392 bits per heavy atom. The normalized spacial score (nSPS) is 10.1. The maximum absolute atomic E-state index is 11.6. The van der Waals surface area contributed by atoms with Gasteiger partial charge in [0.1, 0.15) is 33.8 Å². The summed E-state index contributed by atoms with van der Waals surface area (Å²) >= 11 is 0. The van der Waals surface area contributed by atoms with E-state index in [0.29, 0.717) is 64.6 Å². The Labute approximate surface area is 563 Å². The Morgan fingerprint density at radius 1 is 0.247 bits per heavy atom. The summed E-state index contributed by atoms with van der Waals surface area (Å²) < 4.78 is 0. The summed E-state index contributed by atoms with van der Waals surface area (Å²) in [5, 5.41) is 138. The Bertz CT molecular complexity index is 4390. The molecule has 12 aromatic rings. The van der Waals surface area contributed by atoms with Crippen LogP contribution in [0.25, 0.3) is 64.6 Å². The van der Waals surface area contributed by atoms with Gasteiger partial charge in [0, 0.05) is 32.3 Å². The number of hydrogen-bond donors (Lipinski definition) is 9. The summed E-state index contributed by atoms with van der Waals surface area (Å²) in [6.07, 6.45) is 0. The number of fused-ring (bicyclic) bond motifs is 6. The molecule has 0 heterocycles. The van der Waals surface area contributed by atoms with Crippen LogP contribution in [0, 0.1) is 60.6 Å². The Kier molecular flexibility index (Phi) is 24.0. The minimum Gasteiger partial charge on any atom is -0.870 e. The van der Waals surface area contributed by atoms with Gasteiger partial charge in [-0.15, -0.1) is 29.4 Å². The number of carbonyl (C=O) groups is 6. The largest absolute Gasteiger partial charge is 3.00 e. The van der Waals surface area contributed by atoms with Gasteiger partial charge in [0.25, 0.3) is 0 Å². The number of aromatic hydroxyl groups is 3. The zero-order valence-electron chi connectivity index (χ0n) is 48.7. The van der Waals surface area contributed by atoms with E-state index < -0.39 is 87.0 Å². The molecule has 31 heteroatoms. The molecule has 0 saturated carbocycles. The minimum atomic E-state index is -1.36. The van der Waals surface area contributed by atoms with Crippen LogP contribution in [0.1, 0.15) is 62.1 Å². The van der Waals surface area contributed by atoms with Gasteiger partial charge in [-0.25, -0.2) is 28.8 Å². The molecule has 97 heavy (non-hydrogen) atoms. The summed E-state index contributed by atoms with van der Waals surface area (Å²) in [7, 11) is 0. The molecule has 0 bridgehead atoms. The van der Waals surface area contributed by atoms with Crippen LogP contribution in [0.2, 0.25) is 0 Å². The van der Waals surface area contributed by atoms with E-state index in [-0.39, 0.29) is 81.9 Å². The number of nitrogens with zero attached hydrogens (tertiary/aromatic N) is 6. The van der Waals surface area contributed by atoms with Gasteiger partial charge in [0.05, 0.1) is 16.7 Å². The number of hydrogen-bond acceptors (Lipinski definition) is 24. The van der Waals surface area contributed by atoms with Gasteiger partial charge in [-0.1, -0.05) is 163 Å². The molecule has 0 saturated heterocycles. The maximum Gasteiger partial charge on any atom is 3.00 e. The van der Waals surface area contributed by atoms with Crippen molar-refractivity contribution in [1.29, 1.82) is 0 Å². The molecule has 0 fully saturated rings. The first-order valence-electron chi connectivity index (χ1n) is 26.7. The first-order chi connectivity index (χ1) is 45.9. The molecular weight excluding hydrogens is 1500 g/mol. The molecule has 30 nitrogen and oxygen atoms in total. The zero-order chi connectivity index (χ0) is 70.2. The van der Waals surface area contributed by atoms with Crippen molar-refractivity contribution < 1.29 is 121 Å². The van der Waals surface area contributed by atoms with Gasteiger partial charge in [0.15, 0.2) is 34.3 Å². The molecule has 0 spiro atoms. The van der Waals surface area contributed by atoms with Crippen LogP contribution in [0.5, 0.6) is 34.5 Å². The van der Waals surface area contributed by atoms with Gasteiger partial charge in [-0.2, -0.15) is 0 Å². The molecule has 9 N–H and O–H groups in total. The van der Waals surface area contributed by atoms with Crippen molar-refractivity contribution >= 4 is 135 Å². The topological polar surface area (TPSA) is 530 Å². The van der Waals surface area contributed by atoms with Crippen LogP contribution in [-0.2, 0) is 0 Å². The Balaban J connectivity index is 0.000000183. The zero-order valence-corrected chi connectivity index (χ0v) is 52.8. The molecule has 12 rings (SSSR count). The van der Waals surface area contributed by atoms with E-state index in [1.165, 1.54) is 36.4 Å². The SMILES string of the molecule is O=Nc1c(O)c(C(=O)O)cc2ccccc12.O=Nc1c(O)c(C(=O)O)cc2ccccc12.O=Nc1c(O)c(C(=O)O)cc2ccccc12.O=Nc1c([O-])c(C(=O)O)cc2ccccc12.O=Nc1c([O-])c(C(=O)O)cc2ccccc12.O=Nc1c([O-])c(C(=O)O)cc2ccccc12.[U+3]. The third-order valence-electron chi connectivity index (χ3n) is 13.8. The van der Waals surface area contributed by atoms with Crippen molar-refractivity contribution in [1.82, 2.24) is 0 Å². The standard InChI is InChI=1S/6C11H7NO4.U/c6*13-10-8(11(14)15)5-6-3-1-2-4-7(6)9(10)12-16;/h6*1-5,13H,(H,14,15);/q;;;;;;+3/p-3. The van der Waals surface area contributed by atoms with E-state index in [0.717, 1.165) is 0 Å². The van der Waals surface area contributed by atoms with Crippen molar-refractivity contribution in [3.63, 3.8) is 0 Å². The summed E-state index contributed by atoms with van der Waals surface area (Å²) in [5.41, 5.74) is -4.06. The van der Waals surface area contributed by atoms with E-state index in [2.05, 4.69) is 31.1 Å². The quantitative estimate of drug-likeness (QED) is 0.0513. The first kappa shape index (κ1) is 72.5. The van der Waals surface area contributed by atoms with Crippen LogP contribution in [0.4, 0.5) is 34.1 Å². The Hall–Kier alpha value is -13.5. The average molecular weight is 1540 g/mol. The summed E-state index contributed by atoms with van der Waals surface area (Å²) in [5.74, 6) is -12.3. The molecule has 0 aliphatic carbocycles. The molecular formula is C66H39N6O24U. The van der Waals surface area contributed by atoms with Crippen LogP contribution in [-0.4, -0.2) is 81.8 Å². The number of phenols is 3. The van der Waals surface area contributed by atoms with Crippen LogP contribution < -0.4 is 15.3 Å². The van der Waals surface area contributed by atoms with Gasteiger partial charge >= 0.3 is 66.9 Å². The molecule has 0 aliphatic rings. The van der Waals surface area contributed by atoms with Crippen molar-refractivity contribution in [3.05, 3.63) is 245 Å². The van der Waals surface area contributed by atoms with Gasteiger partial charge in [-0.05, 0) is 99.8 Å². The molecule has 1 radical (unpaired) electrons. The van der Waals surface area contributed by atoms with Gasteiger partial charge in [0.2, 0.25) is 0 Å². The Morgan fingerprint density at radius 3 is 0.546 bits per heavy atom.